The zero-order chi connectivity index (χ0) is 14.4. The summed E-state index contributed by atoms with van der Waals surface area (Å²) in [7, 11) is 0. The maximum Gasteiger partial charge on any atom is 0.228 e. The van der Waals surface area contributed by atoms with E-state index in [0.717, 1.165) is 32.1 Å². The number of aromatic nitrogens is 2. The van der Waals surface area contributed by atoms with Crippen molar-refractivity contribution in [2.75, 3.05) is 31.1 Å². The Kier molecular flexibility index (Phi) is 5.59. The van der Waals surface area contributed by atoms with Crippen molar-refractivity contribution < 1.29 is 4.74 Å². The van der Waals surface area contributed by atoms with Crippen molar-refractivity contribution in [2.45, 2.75) is 39.7 Å². The summed E-state index contributed by atoms with van der Waals surface area (Å²) in [6, 6.07) is 1.82. The van der Waals surface area contributed by atoms with Crippen molar-refractivity contribution in [2.24, 2.45) is 5.92 Å². The number of nitrogens with zero attached hydrogens (tertiary/aromatic N) is 3. The third-order valence-electron chi connectivity index (χ3n) is 3.52. The summed E-state index contributed by atoms with van der Waals surface area (Å²) in [5.41, 5.74) is 0. The monoisotopic (exact) mass is 278 g/mol. The molecule has 0 saturated carbocycles. The molecule has 1 aliphatic heterocycles. The van der Waals surface area contributed by atoms with Crippen LogP contribution in [0.1, 0.15) is 33.6 Å². The summed E-state index contributed by atoms with van der Waals surface area (Å²) >= 11 is 0. The van der Waals surface area contributed by atoms with Crippen LogP contribution in [-0.4, -0.2) is 42.3 Å². The standard InChI is InChI=1S/C15H26N4O/c1-4-19(11-13-6-5-8-16-10-13)15-17-9-7-14(18-15)20-12(2)3/h7,9,12-13,16H,4-6,8,10-11H2,1-3H3. The average molecular weight is 278 g/mol. The van der Waals surface area contributed by atoms with E-state index in [9.17, 15) is 0 Å². The molecule has 1 aromatic rings. The van der Waals surface area contributed by atoms with Crippen LogP contribution in [0.3, 0.4) is 0 Å². The molecule has 0 amide bonds. The van der Waals surface area contributed by atoms with Crippen molar-refractivity contribution in [3.05, 3.63) is 12.3 Å². The van der Waals surface area contributed by atoms with Gasteiger partial charge in [0.25, 0.3) is 0 Å². The third kappa shape index (κ3) is 4.34. The second kappa shape index (κ2) is 7.43. The highest BCUT2D eigenvalue weighted by Gasteiger charge is 2.18. The number of piperidine rings is 1. The molecule has 1 saturated heterocycles. The molecule has 1 aliphatic rings. The van der Waals surface area contributed by atoms with E-state index in [4.69, 9.17) is 4.74 Å². The van der Waals surface area contributed by atoms with Gasteiger partial charge in [0.2, 0.25) is 11.8 Å². The van der Waals surface area contributed by atoms with Gasteiger partial charge in [0.05, 0.1) is 6.10 Å². The topological polar surface area (TPSA) is 50.3 Å². The van der Waals surface area contributed by atoms with Crippen LogP contribution in [0.5, 0.6) is 5.88 Å². The largest absolute Gasteiger partial charge is 0.475 e. The maximum absolute atomic E-state index is 5.65. The lowest BCUT2D eigenvalue weighted by Crippen LogP contribution is -2.39. The fourth-order valence-electron chi connectivity index (χ4n) is 2.54. The van der Waals surface area contributed by atoms with Crippen LogP contribution in [0.4, 0.5) is 5.95 Å². The molecular formula is C15H26N4O. The highest BCUT2D eigenvalue weighted by Crippen LogP contribution is 2.17. The molecule has 1 atom stereocenters. The molecule has 0 radical (unpaired) electrons. The maximum atomic E-state index is 5.65. The Labute approximate surface area is 121 Å². The van der Waals surface area contributed by atoms with Gasteiger partial charge in [-0.15, -0.1) is 0 Å². The van der Waals surface area contributed by atoms with Crippen molar-refractivity contribution >= 4 is 5.95 Å². The first kappa shape index (κ1) is 15.0. The molecule has 0 bridgehead atoms. The molecule has 112 valence electrons. The number of hydrogen-bond donors (Lipinski definition) is 1. The molecule has 1 aromatic heterocycles. The Morgan fingerprint density at radius 3 is 3.00 bits per heavy atom. The lowest BCUT2D eigenvalue weighted by molar-refractivity contribution is 0.232. The lowest BCUT2D eigenvalue weighted by atomic mass is 9.99. The fraction of sp³-hybridized carbons (Fsp3) is 0.733. The summed E-state index contributed by atoms with van der Waals surface area (Å²) in [6.07, 6.45) is 4.46. The van der Waals surface area contributed by atoms with Gasteiger partial charge < -0.3 is 15.0 Å². The van der Waals surface area contributed by atoms with Gasteiger partial charge in [-0.3, -0.25) is 0 Å². The Morgan fingerprint density at radius 2 is 2.35 bits per heavy atom. The molecule has 20 heavy (non-hydrogen) atoms. The summed E-state index contributed by atoms with van der Waals surface area (Å²) in [5, 5.41) is 3.46. The number of nitrogens with one attached hydrogen (secondary N) is 1. The molecular weight excluding hydrogens is 252 g/mol. The van der Waals surface area contributed by atoms with E-state index in [1.165, 1.54) is 12.8 Å². The van der Waals surface area contributed by atoms with Crippen LogP contribution in [0.15, 0.2) is 12.3 Å². The number of rotatable bonds is 6. The van der Waals surface area contributed by atoms with E-state index in [2.05, 4.69) is 27.1 Å². The predicted molar refractivity (Wildman–Crippen MR) is 81.3 cm³/mol. The minimum atomic E-state index is 0.135. The summed E-state index contributed by atoms with van der Waals surface area (Å²) in [4.78, 5) is 11.2. The lowest BCUT2D eigenvalue weighted by Gasteiger charge is -2.29. The molecule has 1 fully saturated rings. The third-order valence-corrected chi connectivity index (χ3v) is 3.52. The molecule has 5 nitrogen and oxygen atoms in total. The van der Waals surface area contributed by atoms with Gasteiger partial charge in [0.1, 0.15) is 0 Å². The van der Waals surface area contributed by atoms with Crippen LogP contribution in [-0.2, 0) is 0 Å². The molecule has 1 N–H and O–H groups in total. The van der Waals surface area contributed by atoms with Gasteiger partial charge in [-0.25, -0.2) is 4.98 Å². The second-order valence-corrected chi connectivity index (χ2v) is 5.61. The summed E-state index contributed by atoms with van der Waals surface area (Å²) in [5.74, 6) is 2.11. The van der Waals surface area contributed by atoms with Crippen molar-refractivity contribution in [3.8, 4) is 5.88 Å². The zero-order valence-electron chi connectivity index (χ0n) is 12.8. The summed E-state index contributed by atoms with van der Waals surface area (Å²) in [6.45, 7) is 10.3. The van der Waals surface area contributed by atoms with Gasteiger partial charge in [-0.1, -0.05) is 0 Å². The fourth-order valence-corrected chi connectivity index (χ4v) is 2.54. The predicted octanol–water partition coefficient (Wildman–Crippen LogP) is 2.09. The van der Waals surface area contributed by atoms with E-state index < -0.39 is 0 Å². The Morgan fingerprint density at radius 1 is 1.50 bits per heavy atom. The normalized spacial score (nSPS) is 19.1. The van der Waals surface area contributed by atoms with Crippen LogP contribution >= 0.6 is 0 Å². The van der Waals surface area contributed by atoms with Crippen molar-refractivity contribution in [1.82, 2.24) is 15.3 Å². The molecule has 2 rings (SSSR count). The molecule has 5 heteroatoms. The van der Waals surface area contributed by atoms with Gasteiger partial charge in [-0.05, 0) is 52.6 Å². The van der Waals surface area contributed by atoms with E-state index in [1.54, 1.807) is 6.20 Å². The molecule has 0 spiro atoms. The smallest absolute Gasteiger partial charge is 0.228 e. The Hall–Kier alpha value is -1.36. The first-order valence-electron chi connectivity index (χ1n) is 7.64. The first-order chi connectivity index (χ1) is 9.69. The SMILES string of the molecule is CCN(CC1CCCNC1)c1nccc(OC(C)C)n1. The molecule has 0 aliphatic carbocycles. The van der Waals surface area contributed by atoms with Crippen LogP contribution in [0, 0.1) is 5.92 Å². The van der Waals surface area contributed by atoms with Gasteiger partial charge in [0.15, 0.2) is 0 Å². The minimum Gasteiger partial charge on any atom is -0.475 e. The first-order valence-corrected chi connectivity index (χ1v) is 7.64. The summed E-state index contributed by atoms with van der Waals surface area (Å²) < 4.78 is 5.65. The molecule has 0 aromatic carbocycles. The van der Waals surface area contributed by atoms with E-state index in [1.807, 2.05) is 19.9 Å². The van der Waals surface area contributed by atoms with Crippen LogP contribution < -0.4 is 15.0 Å². The number of anilines is 1. The van der Waals surface area contributed by atoms with Crippen LogP contribution in [0.2, 0.25) is 0 Å². The highest BCUT2D eigenvalue weighted by molar-refractivity contribution is 5.31. The molecule has 1 unspecified atom stereocenters. The van der Waals surface area contributed by atoms with Gasteiger partial charge in [-0.2, -0.15) is 4.98 Å². The quantitative estimate of drug-likeness (QED) is 0.863. The second-order valence-electron chi connectivity index (χ2n) is 5.61. The Balaban J connectivity index is 2.02. The van der Waals surface area contributed by atoms with Gasteiger partial charge >= 0.3 is 0 Å². The number of ether oxygens (including phenoxy) is 1. The minimum absolute atomic E-state index is 0.135. The van der Waals surface area contributed by atoms with Gasteiger partial charge in [0, 0.05) is 25.4 Å². The van der Waals surface area contributed by atoms with E-state index >= 15 is 0 Å². The van der Waals surface area contributed by atoms with Crippen molar-refractivity contribution in [3.63, 3.8) is 0 Å². The Bertz CT molecular complexity index is 405. The van der Waals surface area contributed by atoms with E-state index in [-0.39, 0.29) is 6.10 Å². The number of hydrogen-bond acceptors (Lipinski definition) is 5. The van der Waals surface area contributed by atoms with Crippen molar-refractivity contribution in [1.29, 1.82) is 0 Å². The zero-order valence-corrected chi connectivity index (χ0v) is 12.8. The highest BCUT2D eigenvalue weighted by atomic mass is 16.5. The molecule has 2 heterocycles. The average Bonchev–Trinajstić information content (AvgIpc) is 2.45. The van der Waals surface area contributed by atoms with Crippen LogP contribution in [0.25, 0.3) is 0 Å². The van der Waals surface area contributed by atoms with E-state index in [0.29, 0.717) is 11.8 Å².